The molecule has 2 aromatic carbocycles. The molecular weight excluding hydrogens is 334 g/mol. The van der Waals surface area contributed by atoms with Crippen LogP contribution in [0.25, 0.3) is 0 Å². The van der Waals surface area contributed by atoms with Gasteiger partial charge >= 0.3 is 0 Å². The molecule has 1 amide bonds. The molecule has 26 heavy (non-hydrogen) atoms. The van der Waals surface area contributed by atoms with Gasteiger partial charge in [-0.2, -0.15) is 0 Å². The summed E-state index contributed by atoms with van der Waals surface area (Å²) in [6.45, 7) is 4.30. The van der Waals surface area contributed by atoms with Crippen LogP contribution in [0.3, 0.4) is 0 Å². The Morgan fingerprint density at radius 1 is 0.962 bits per heavy atom. The van der Waals surface area contributed by atoms with Gasteiger partial charge in [0.25, 0.3) is 5.91 Å². The summed E-state index contributed by atoms with van der Waals surface area (Å²) in [6.07, 6.45) is 0. The number of carbonyl (C=O) groups is 1. The third-order valence-corrected chi connectivity index (χ3v) is 3.98. The van der Waals surface area contributed by atoms with Crippen LogP contribution in [0.4, 0.5) is 0 Å². The molecule has 140 valence electrons. The first kappa shape index (κ1) is 19.4. The number of benzene rings is 2. The summed E-state index contributed by atoms with van der Waals surface area (Å²) in [7, 11) is 4.74. The highest BCUT2D eigenvalue weighted by Gasteiger charge is 2.17. The van der Waals surface area contributed by atoms with Gasteiger partial charge in [0.05, 0.1) is 34.0 Å². The predicted octanol–water partition coefficient (Wildman–Crippen LogP) is 3.60. The number of methoxy groups -OCH3 is 3. The van der Waals surface area contributed by atoms with Gasteiger partial charge in [-0.3, -0.25) is 4.79 Å². The van der Waals surface area contributed by atoms with Crippen LogP contribution in [-0.4, -0.2) is 33.8 Å². The van der Waals surface area contributed by atoms with E-state index in [2.05, 4.69) is 5.32 Å². The lowest BCUT2D eigenvalue weighted by Crippen LogP contribution is -2.27. The van der Waals surface area contributed by atoms with E-state index in [0.29, 0.717) is 35.2 Å². The second kappa shape index (κ2) is 8.99. The summed E-state index contributed by atoms with van der Waals surface area (Å²) in [5.74, 6) is 2.29. The van der Waals surface area contributed by atoms with E-state index in [-0.39, 0.29) is 11.9 Å². The molecule has 0 saturated carbocycles. The lowest BCUT2D eigenvalue weighted by molar-refractivity contribution is 0.0939. The summed E-state index contributed by atoms with van der Waals surface area (Å²) in [6, 6.07) is 10.3. The molecule has 0 unspecified atom stereocenters. The first-order chi connectivity index (χ1) is 12.5. The summed E-state index contributed by atoms with van der Waals surface area (Å²) in [5.41, 5.74) is 1.32. The first-order valence-electron chi connectivity index (χ1n) is 8.37. The Kier molecular flexibility index (Phi) is 6.72. The van der Waals surface area contributed by atoms with Crippen LogP contribution in [0.2, 0.25) is 0 Å². The molecule has 6 nitrogen and oxygen atoms in total. The Hall–Kier alpha value is -2.89. The molecule has 0 aliphatic rings. The zero-order chi connectivity index (χ0) is 19.1. The molecule has 2 rings (SSSR count). The van der Waals surface area contributed by atoms with Gasteiger partial charge in [-0.15, -0.1) is 0 Å². The summed E-state index contributed by atoms with van der Waals surface area (Å²) in [5, 5.41) is 2.97. The number of amides is 1. The Morgan fingerprint density at radius 2 is 1.65 bits per heavy atom. The molecule has 0 aromatic heterocycles. The molecule has 2 aromatic rings. The van der Waals surface area contributed by atoms with Crippen LogP contribution >= 0.6 is 0 Å². The first-order valence-corrected chi connectivity index (χ1v) is 8.37. The normalized spacial score (nSPS) is 11.4. The highest BCUT2D eigenvalue weighted by molar-refractivity contribution is 5.95. The SMILES string of the molecule is CCOc1ccc(C(=O)N[C@H](C)c2cc(OC)ccc2OC)cc1OC. The van der Waals surface area contributed by atoms with E-state index in [0.717, 1.165) is 5.56 Å². The highest BCUT2D eigenvalue weighted by atomic mass is 16.5. The number of rotatable bonds is 8. The van der Waals surface area contributed by atoms with E-state index in [4.69, 9.17) is 18.9 Å². The van der Waals surface area contributed by atoms with Crippen molar-refractivity contribution in [2.75, 3.05) is 27.9 Å². The number of ether oxygens (including phenoxy) is 4. The Labute approximate surface area is 154 Å². The van der Waals surface area contributed by atoms with Crippen molar-refractivity contribution in [1.82, 2.24) is 5.32 Å². The van der Waals surface area contributed by atoms with E-state index >= 15 is 0 Å². The Morgan fingerprint density at radius 3 is 2.27 bits per heavy atom. The largest absolute Gasteiger partial charge is 0.497 e. The molecule has 0 saturated heterocycles. The molecule has 0 aliphatic carbocycles. The van der Waals surface area contributed by atoms with Gasteiger partial charge in [0, 0.05) is 11.1 Å². The van der Waals surface area contributed by atoms with Gasteiger partial charge in [0.2, 0.25) is 0 Å². The van der Waals surface area contributed by atoms with Crippen LogP contribution in [0.1, 0.15) is 35.8 Å². The minimum atomic E-state index is -0.273. The number of nitrogens with one attached hydrogen (secondary N) is 1. The third kappa shape index (κ3) is 4.39. The number of hydrogen-bond acceptors (Lipinski definition) is 5. The lowest BCUT2D eigenvalue weighted by atomic mass is 10.1. The van der Waals surface area contributed by atoms with Gasteiger partial charge in [0.1, 0.15) is 11.5 Å². The molecule has 0 spiro atoms. The second-order valence-electron chi connectivity index (χ2n) is 5.60. The van der Waals surface area contributed by atoms with Crippen molar-refractivity contribution in [2.45, 2.75) is 19.9 Å². The third-order valence-electron chi connectivity index (χ3n) is 3.98. The van der Waals surface area contributed by atoms with Crippen LogP contribution < -0.4 is 24.3 Å². The van der Waals surface area contributed by atoms with Crippen molar-refractivity contribution >= 4 is 5.91 Å². The number of carbonyl (C=O) groups excluding carboxylic acids is 1. The smallest absolute Gasteiger partial charge is 0.251 e. The zero-order valence-electron chi connectivity index (χ0n) is 15.8. The van der Waals surface area contributed by atoms with Crippen molar-refractivity contribution in [1.29, 1.82) is 0 Å². The van der Waals surface area contributed by atoms with E-state index in [9.17, 15) is 4.79 Å². The summed E-state index contributed by atoms with van der Waals surface area (Å²) >= 11 is 0. The molecular formula is C20H25NO5. The molecule has 1 atom stereocenters. The van der Waals surface area contributed by atoms with Gasteiger partial charge in [-0.25, -0.2) is 0 Å². The minimum Gasteiger partial charge on any atom is -0.497 e. The fourth-order valence-electron chi connectivity index (χ4n) is 2.62. The molecule has 0 aliphatic heterocycles. The van der Waals surface area contributed by atoms with Crippen molar-refractivity contribution < 1.29 is 23.7 Å². The van der Waals surface area contributed by atoms with E-state index in [1.165, 1.54) is 0 Å². The van der Waals surface area contributed by atoms with Crippen LogP contribution in [0, 0.1) is 0 Å². The Balaban J connectivity index is 2.21. The maximum atomic E-state index is 12.6. The average molecular weight is 359 g/mol. The van der Waals surface area contributed by atoms with Crippen LogP contribution in [-0.2, 0) is 0 Å². The predicted molar refractivity (Wildman–Crippen MR) is 99.6 cm³/mol. The van der Waals surface area contributed by atoms with Gasteiger partial charge in [-0.05, 0) is 50.2 Å². The number of hydrogen-bond donors (Lipinski definition) is 1. The van der Waals surface area contributed by atoms with E-state index in [1.807, 2.05) is 32.0 Å². The lowest BCUT2D eigenvalue weighted by Gasteiger charge is -2.19. The van der Waals surface area contributed by atoms with Crippen molar-refractivity contribution in [2.24, 2.45) is 0 Å². The second-order valence-corrected chi connectivity index (χ2v) is 5.60. The van der Waals surface area contributed by atoms with Gasteiger partial charge in [0.15, 0.2) is 11.5 Å². The average Bonchev–Trinajstić information content (AvgIpc) is 2.67. The molecule has 6 heteroatoms. The molecule has 0 radical (unpaired) electrons. The van der Waals surface area contributed by atoms with Crippen molar-refractivity contribution in [3.05, 3.63) is 47.5 Å². The van der Waals surface area contributed by atoms with Crippen molar-refractivity contribution in [3.63, 3.8) is 0 Å². The Bertz CT molecular complexity index is 760. The molecule has 0 fully saturated rings. The zero-order valence-corrected chi connectivity index (χ0v) is 15.8. The summed E-state index contributed by atoms with van der Waals surface area (Å²) in [4.78, 5) is 12.6. The van der Waals surface area contributed by atoms with Crippen LogP contribution in [0.5, 0.6) is 23.0 Å². The molecule has 0 bridgehead atoms. The highest BCUT2D eigenvalue weighted by Crippen LogP contribution is 2.31. The van der Waals surface area contributed by atoms with Gasteiger partial charge in [-0.1, -0.05) is 0 Å². The quantitative estimate of drug-likeness (QED) is 0.780. The fraction of sp³-hybridized carbons (Fsp3) is 0.350. The van der Waals surface area contributed by atoms with Crippen molar-refractivity contribution in [3.8, 4) is 23.0 Å². The molecule has 0 heterocycles. The standard InChI is InChI=1S/C20H25NO5/c1-6-26-18-9-7-14(11-19(18)25-5)20(22)21-13(2)16-12-15(23-3)8-10-17(16)24-4/h7-13H,6H2,1-5H3,(H,21,22)/t13-/m1/s1. The van der Waals surface area contributed by atoms with Gasteiger partial charge < -0.3 is 24.3 Å². The fourth-order valence-corrected chi connectivity index (χ4v) is 2.62. The monoisotopic (exact) mass is 359 g/mol. The van der Waals surface area contributed by atoms with Crippen LogP contribution in [0.15, 0.2) is 36.4 Å². The topological polar surface area (TPSA) is 66.0 Å². The molecule has 1 N–H and O–H groups in total. The van der Waals surface area contributed by atoms with E-state index in [1.54, 1.807) is 39.5 Å². The summed E-state index contributed by atoms with van der Waals surface area (Å²) < 4.78 is 21.4. The maximum absolute atomic E-state index is 12.6. The minimum absolute atomic E-state index is 0.219. The maximum Gasteiger partial charge on any atom is 0.251 e. The van der Waals surface area contributed by atoms with E-state index < -0.39 is 0 Å².